The van der Waals surface area contributed by atoms with Crippen LogP contribution in [-0.2, 0) is 0 Å². The monoisotopic (exact) mass is 313 g/mol. The minimum absolute atomic E-state index is 0.822. The van der Waals surface area contributed by atoms with Crippen LogP contribution in [0.5, 0.6) is 0 Å². The summed E-state index contributed by atoms with van der Waals surface area (Å²) in [5.74, 6) is 0. The van der Waals surface area contributed by atoms with Gasteiger partial charge in [-0.05, 0) is 41.3 Å². The molecule has 0 fully saturated rings. The first-order valence-electron chi connectivity index (χ1n) is 7.74. The molecule has 0 bridgehead atoms. The summed E-state index contributed by atoms with van der Waals surface area (Å²) in [4.78, 5) is 0. The number of thiophene rings is 1. The van der Waals surface area contributed by atoms with Crippen molar-refractivity contribution in [1.82, 2.24) is 0 Å². The van der Waals surface area contributed by atoms with Crippen molar-refractivity contribution in [3.05, 3.63) is 66.2 Å². The first kappa shape index (κ1) is 12.9. The predicted octanol–water partition coefficient (Wildman–Crippen LogP) is 6.25. The van der Waals surface area contributed by atoms with Crippen LogP contribution >= 0.6 is 11.3 Å². The van der Waals surface area contributed by atoms with E-state index < -0.39 is 0 Å². The van der Waals surface area contributed by atoms with Crippen molar-refractivity contribution < 1.29 is 0 Å². The molecule has 0 spiro atoms. The highest BCUT2D eigenvalue weighted by molar-refractivity contribution is 7.27. The Morgan fingerprint density at radius 3 is 1.91 bits per heavy atom. The molecule has 110 valence electrons. The van der Waals surface area contributed by atoms with Crippen molar-refractivity contribution in [3.63, 3.8) is 0 Å². The number of anilines is 1. The van der Waals surface area contributed by atoms with Gasteiger partial charge in [0.05, 0.1) is 0 Å². The van der Waals surface area contributed by atoms with Crippen molar-refractivity contribution in [3.8, 4) is 0 Å². The topological polar surface area (TPSA) is 26.0 Å². The fraction of sp³-hybridized carbons (Fsp3) is 0.0476. The summed E-state index contributed by atoms with van der Waals surface area (Å²) >= 11 is 1.88. The minimum atomic E-state index is 0.822. The molecular formula is C21H15NS. The fourth-order valence-electron chi connectivity index (χ4n) is 3.46. The van der Waals surface area contributed by atoms with E-state index in [0.717, 1.165) is 5.69 Å². The van der Waals surface area contributed by atoms with E-state index in [0.29, 0.717) is 0 Å². The van der Waals surface area contributed by atoms with Crippen LogP contribution in [0.3, 0.4) is 0 Å². The number of nitrogens with two attached hydrogens (primary N) is 1. The van der Waals surface area contributed by atoms with Gasteiger partial charge in [0.2, 0.25) is 0 Å². The molecule has 0 saturated carbocycles. The molecule has 0 amide bonds. The zero-order chi connectivity index (χ0) is 15.6. The largest absolute Gasteiger partial charge is 0.399 e. The van der Waals surface area contributed by atoms with E-state index in [2.05, 4.69) is 61.5 Å². The van der Waals surface area contributed by atoms with E-state index in [4.69, 9.17) is 5.73 Å². The lowest BCUT2D eigenvalue weighted by molar-refractivity contribution is 1.51. The number of benzene rings is 4. The van der Waals surface area contributed by atoms with E-state index in [1.807, 2.05) is 17.4 Å². The molecule has 23 heavy (non-hydrogen) atoms. The lowest BCUT2D eigenvalue weighted by Crippen LogP contribution is -1.83. The zero-order valence-electron chi connectivity index (χ0n) is 12.8. The fourth-order valence-corrected chi connectivity index (χ4v) is 4.82. The Morgan fingerprint density at radius 1 is 0.652 bits per heavy atom. The zero-order valence-corrected chi connectivity index (χ0v) is 13.6. The first-order chi connectivity index (χ1) is 11.2. The number of nitrogen functional groups attached to an aromatic ring is 1. The molecule has 4 aromatic carbocycles. The Labute approximate surface area is 138 Å². The molecular weight excluding hydrogens is 298 g/mol. The standard InChI is InChI=1S/C21H15NS/c1-12-2-3-13-5-8-16-17-9-6-14-4-7-15(22)11-19(14)21(17)23-20(16)18(13)10-12/h2-11H,22H2,1H3. The number of fused-ring (bicyclic) bond motifs is 7. The van der Waals surface area contributed by atoms with Gasteiger partial charge in [-0.1, -0.05) is 48.0 Å². The summed E-state index contributed by atoms with van der Waals surface area (Å²) in [6.45, 7) is 2.15. The van der Waals surface area contributed by atoms with Crippen LogP contribution < -0.4 is 5.73 Å². The Kier molecular flexibility index (Phi) is 2.51. The van der Waals surface area contributed by atoms with Gasteiger partial charge in [-0.2, -0.15) is 0 Å². The quantitative estimate of drug-likeness (QED) is 0.336. The van der Waals surface area contributed by atoms with Crippen LogP contribution in [0.4, 0.5) is 5.69 Å². The number of rotatable bonds is 0. The highest BCUT2D eigenvalue weighted by Gasteiger charge is 2.11. The van der Waals surface area contributed by atoms with Gasteiger partial charge < -0.3 is 5.73 Å². The molecule has 0 radical (unpaired) electrons. The maximum Gasteiger partial charge on any atom is 0.0434 e. The molecule has 2 heteroatoms. The Hall–Kier alpha value is -2.58. The smallest absolute Gasteiger partial charge is 0.0434 e. The van der Waals surface area contributed by atoms with Crippen LogP contribution in [0.1, 0.15) is 5.56 Å². The van der Waals surface area contributed by atoms with Crippen LogP contribution in [0.15, 0.2) is 60.7 Å². The average Bonchev–Trinajstić information content (AvgIpc) is 2.94. The Bertz CT molecular complexity index is 1130. The summed E-state index contributed by atoms with van der Waals surface area (Å²) in [5, 5.41) is 7.82. The van der Waals surface area contributed by atoms with Crippen molar-refractivity contribution in [2.24, 2.45) is 0 Å². The van der Waals surface area contributed by atoms with Gasteiger partial charge in [-0.3, -0.25) is 0 Å². The van der Waals surface area contributed by atoms with E-state index in [1.165, 1.54) is 47.3 Å². The van der Waals surface area contributed by atoms with Crippen LogP contribution in [0.2, 0.25) is 0 Å². The summed E-state index contributed by atoms with van der Waals surface area (Å²) in [6, 6.07) is 21.8. The summed E-state index contributed by atoms with van der Waals surface area (Å²) < 4.78 is 2.70. The molecule has 1 heterocycles. The molecule has 5 aromatic rings. The Balaban J connectivity index is 2.05. The molecule has 0 saturated heterocycles. The van der Waals surface area contributed by atoms with Gasteiger partial charge in [-0.15, -0.1) is 11.3 Å². The highest BCUT2D eigenvalue weighted by Crippen LogP contribution is 2.42. The third-order valence-corrected chi connectivity index (χ3v) is 5.91. The second kappa shape index (κ2) is 4.46. The second-order valence-electron chi connectivity index (χ2n) is 6.19. The number of aryl methyl sites for hydroxylation is 1. The normalized spacial score (nSPS) is 11.9. The molecule has 0 atom stereocenters. The van der Waals surface area contributed by atoms with Crippen molar-refractivity contribution in [1.29, 1.82) is 0 Å². The second-order valence-corrected chi connectivity index (χ2v) is 7.21. The lowest BCUT2D eigenvalue weighted by Gasteiger charge is -2.01. The number of hydrogen-bond donors (Lipinski definition) is 1. The van der Waals surface area contributed by atoms with Gasteiger partial charge in [-0.25, -0.2) is 0 Å². The van der Waals surface area contributed by atoms with E-state index in [-0.39, 0.29) is 0 Å². The maximum atomic E-state index is 6.02. The third-order valence-electron chi connectivity index (χ3n) is 4.62. The predicted molar refractivity (Wildman–Crippen MR) is 103 cm³/mol. The maximum absolute atomic E-state index is 6.02. The van der Waals surface area contributed by atoms with E-state index in [9.17, 15) is 0 Å². The molecule has 0 aliphatic heterocycles. The molecule has 0 unspecified atom stereocenters. The Morgan fingerprint density at radius 2 is 1.22 bits per heavy atom. The van der Waals surface area contributed by atoms with Gasteiger partial charge in [0.1, 0.15) is 0 Å². The molecule has 2 N–H and O–H groups in total. The first-order valence-corrected chi connectivity index (χ1v) is 8.56. The summed E-state index contributed by atoms with van der Waals surface area (Å²) in [5.41, 5.74) is 8.15. The highest BCUT2D eigenvalue weighted by atomic mass is 32.1. The van der Waals surface area contributed by atoms with Crippen LogP contribution in [0.25, 0.3) is 41.7 Å². The molecule has 0 aliphatic rings. The summed E-state index contributed by atoms with van der Waals surface area (Å²) in [6.07, 6.45) is 0. The van der Waals surface area contributed by atoms with Crippen molar-refractivity contribution >= 4 is 58.7 Å². The average molecular weight is 313 g/mol. The van der Waals surface area contributed by atoms with Crippen LogP contribution in [0, 0.1) is 6.92 Å². The van der Waals surface area contributed by atoms with Gasteiger partial charge >= 0.3 is 0 Å². The van der Waals surface area contributed by atoms with Gasteiger partial charge in [0.25, 0.3) is 0 Å². The van der Waals surface area contributed by atoms with E-state index in [1.54, 1.807) is 0 Å². The molecule has 0 aliphatic carbocycles. The SMILES string of the molecule is Cc1ccc2ccc3c4ccc5ccc(N)cc5c4sc3c2c1. The molecule has 5 rings (SSSR count). The van der Waals surface area contributed by atoms with Crippen molar-refractivity contribution in [2.45, 2.75) is 6.92 Å². The van der Waals surface area contributed by atoms with Crippen LogP contribution in [-0.4, -0.2) is 0 Å². The van der Waals surface area contributed by atoms with Gasteiger partial charge in [0.15, 0.2) is 0 Å². The van der Waals surface area contributed by atoms with Crippen molar-refractivity contribution in [2.75, 3.05) is 5.73 Å². The van der Waals surface area contributed by atoms with Gasteiger partial charge in [0, 0.05) is 31.2 Å². The third kappa shape index (κ3) is 1.79. The molecule has 1 nitrogen and oxygen atoms in total. The van der Waals surface area contributed by atoms with E-state index >= 15 is 0 Å². The number of hydrogen-bond acceptors (Lipinski definition) is 2. The summed E-state index contributed by atoms with van der Waals surface area (Å²) in [7, 11) is 0. The minimum Gasteiger partial charge on any atom is -0.399 e. The lowest BCUT2D eigenvalue weighted by atomic mass is 10.0. The molecule has 1 aromatic heterocycles.